The molecule has 0 saturated carbocycles. The van der Waals surface area contributed by atoms with Crippen LogP contribution < -0.4 is 5.32 Å². The number of amides is 1. The Hall–Kier alpha value is -1.62. The van der Waals surface area contributed by atoms with Crippen LogP contribution in [0.1, 0.15) is 42.7 Å². The third-order valence-corrected chi connectivity index (χ3v) is 3.13. The molecule has 1 heterocycles. The first-order valence-electron chi connectivity index (χ1n) is 6.58. The molecule has 1 rings (SSSR count). The zero-order valence-electron chi connectivity index (χ0n) is 11.6. The Bertz CT molecular complexity index is 491. The fourth-order valence-electron chi connectivity index (χ4n) is 1.70. The summed E-state index contributed by atoms with van der Waals surface area (Å²) in [6, 6.07) is 3.24. The number of hydrogen-bond acceptors (Lipinski definition) is 3. The minimum absolute atomic E-state index is 0.109. The maximum Gasteiger partial charge on any atom is 0.303 e. The lowest BCUT2D eigenvalue weighted by atomic mass is 10.1. The van der Waals surface area contributed by atoms with Crippen molar-refractivity contribution in [2.45, 2.75) is 33.1 Å². The van der Waals surface area contributed by atoms with Crippen molar-refractivity contribution >= 4 is 23.5 Å². The molecule has 1 amide bonds. The molecule has 0 spiro atoms. The van der Waals surface area contributed by atoms with Gasteiger partial charge in [-0.3, -0.25) is 9.59 Å². The number of carboxylic acids is 1. The van der Waals surface area contributed by atoms with Gasteiger partial charge in [-0.1, -0.05) is 25.4 Å². The lowest BCUT2D eigenvalue weighted by molar-refractivity contribution is -0.137. The third kappa shape index (κ3) is 5.57. The highest BCUT2D eigenvalue weighted by Gasteiger charge is 2.11. The summed E-state index contributed by atoms with van der Waals surface area (Å²) >= 11 is 5.86. The Balaban J connectivity index is 2.54. The Morgan fingerprint density at radius 2 is 2.15 bits per heavy atom. The van der Waals surface area contributed by atoms with Gasteiger partial charge in [-0.2, -0.15) is 0 Å². The molecule has 0 aliphatic heterocycles. The van der Waals surface area contributed by atoms with Crippen LogP contribution in [0.25, 0.3) is 0 Å². The molecule has 0 aliphatic carbocycles. The van der Waals surface area contributed by atoms with Crippen LogP contribution in [0.4, 0.5) is 0 Å². The van der Waals surface area contributed by atoms with Gasteiger partial charge in [0.15, 0.2) is 0 Å². The molecule has 1 atom stereocenters. The summed E-state index contributed by atoms with van der Waals surface area (Å²) in [6.07, 6.45) is 1.35. The first-order chi connectivity index (χ1) is 9.42. The summed E-state index contributed by atoms with van der Waals surface area (Å²) in [6.45, 7) is 4.28. The zero-order valence-corrected chi connectivity index (χ0v) is 12.4. The number of carbonyl (C=O) groups is 2. The Morgan fingerprint density at radius 3 is 2.75 bits per heavy atom. The molecule has 2 N–H and O–H groups in total. The van der Waals surface area contributed by atoms with Gasteiger partial charge in [0.05, 0.1) is 0 Å². The Kier molecular flexibility index (Phi) is 6.45. The molecular formula is C14H19ClN2O3. The lowest BCUT2D eigenvalue weighted by Crippen LogP contribution is -2.28. The molecule has 1 aromatic heterocycles. The van der Waals surface area contributed by atoms with Gasteiger partial charge in [-0.25, -0.2) is 4.98 Å². The smallest absolute Gasteiger partial charge is 0.303 e. The van der Waals surface area contributed by atoms with Gasteiger partial charge in [0, 0.05) is 24.2 Å². The number of hydrogen-bond donors (Lipinski definition) is 2. The van der Waals surface area contributed by atoms with E-state index in [1.54, 1.807) is 6.07 Å². The molecule has 5 nitrogen and oxygen atoms in total. The molecule has 1 aromatic rings. The van der Waals surface area contributed by atoms with Crippen molar-refractivity contribution in [2.75, 3.05) is 6.54 Å². The van der Waals surface area contributed by atoms with Crippen molar-refractivity contribution in [3.8, 4) is 0 Å². The van der Waals surface area contributed by atoms with Gasteiger partial charge < -0.3 is 10.4 Å². The molecule has 0 aromatic carbocycles. The largest absolute Gasteiger partial charge is 0.481 e. The molecule has 6 heteroatoms. The molecule has 0 radical (unpaired) electrons. The summed E-state index contributed by atoms with van der Waals surface area (Å²) in [4.78, 5) is 26.6. The van der Waals surface area contributed by atoms with E-state index in [2.05, 4.69) is 10.3 Å². The number of nitrogens with one attached hydrogen (secondary N) is 1. The second-order valence-corrected chi connectivity index (χ2v) is 5.16. The maximum atomic E-state index is 12.0. The van der Waals surface area contributed by atoms with E-state index in [4.69, 9.17) is 16.7 Å². The van der Waals surface area contributed by atoms with Gasteiger partial charge in [-0.05, 0) is 30.9 Å². The number of halogens is 1. The summed E-state index contributed by atoms with van der Waals surface area (Å²) in [7, 11) is 0. The van der Waals surface area contributed by atoms with E-state index >= 15 is 0 Å². The van der Waals surface area contributed by atoms with Gasteiger partial charge >= 0.3 is 5.97 Å². The Labute approximate surface area is 123 Å². The molecular weight excluding hydrogens is 280 g/mol. The van der Waals surface area contributed by atoms with Crippen LogP contribution in [0.3, 0.4) is 0 Å². The molecule has 0 aliphatic rings. The van der Waals surface area contributed by atoms with Crippen LogP contribution in [0.5, 0.6) is 0 Å². The van der Waals surface area contributed by atoms with Crippen LogP contribution >= 0.6 is 11.6 Å². The van der Waals surface area contributed by atoms with Crippen LogP contribution in [-0.4, -0.2) is 28.5 Å². The summed E-state index contributed by atoms with van der Waals surface area (Å²) < 4.78 is 0. The van der Waals surface area contributed by atoms with E-state index in [1.807, 2.05) is 13.8 Å². The number of aryl methyl sites for hydroxylation is 1. The van der Waals surface area contributed by atoms with Crippen molar-refractivity contribution in [3.05, 3.63) is 28.5 Å². The second kappa shape index (κ2) is 7.85. The highest BCUT2D eigenvalue weighted by molar-refractivity contribution is 6.29. The molecule has 20 heavy (non-hydrogen) atoms. The number of aliphatic carboxylic acids is 1. The third-order valence-electron chi connectivity index (χ3n) is 2.93. The van der Waals surface area contributed by atoms with Gasteiger partial charge in [0.1, 0.15) is 5.15 Å². The summed E-state index contributed by atoms with van der Waals surface area (Å²) in [5.41, 5.74) is 1.24. The van der Waals surface area contributed by atoms with Crippen molar-refractivity contribution in [3.63, 3.8) is 0 Å². The first kappa shape index (κ1) is 16.4. The highest BCUT2D eigenvalue weighted by atomic mass is 35.5. The van der Waals surface area contributed by atoms with Crippen LogP contribution in [-0.2, 0) is 11.2 Å². The van der Waals surface area contributed by atoms with E-state index in [0.717, 1.165) is 5.69 Å². The monoisotopic (exact) mass is 298 g/mol. The minimum atomic E-state index is -0.823. The minimum Gasteiger partial charge on any atom is -0.481 e. The number of carbonyl (C=O) groups excluding carboxylic acids is 1. The standard InChI is InChI=1S/C14H19ClN2O3/c1-3-11-6-10(7-12(15)17-11)14(20)16-8-9(2)4-5-13(18)19/h6-7,9H,3-5,8H2,1-2H3,(H,16,20)(H,18,19). The van der Waals surface area contributed by atoms with E-state index in [-0.39, 0.29) is 18.2 Å². The van der Waals surface area contributed by atoms with Gasteiger partial charge in [-0.15, -0.1) is 0 Å². The maximum absolute atomic E-state index is 12.0. The highest BCUT2D eigenvalue weighted by Crippen LogP contribution is 2.12. The zero-order chi connectivity index (χ0) is 15.1. The van der Waals surface area contributed by atoms with E-state index < -0.39 is 5.97 Å². The van der Waals surface area contributed by atoms with E-state index in [1.165, 1.54) is 6.07 Å². The van der Waals surface area contributed by atoms with Crippen molar-refractivity contribution < 1.29 is 14.7 Å². The van der Waals surface area contributed by atoms with Crippen LogP contribution in [0, 0.1) is 5.92 Å². The van der Waals surface area contributed by atoms with Crippen molar-refractivity contribution in [1.29, 1.82) is 0 Å². The van der Waals surface area contributed by atoms with Crippen LogP contribution in [0.2, 0.25) is 5.15 Å². The summed E-state index contributed by atoms with van der Waals surface area (Å²) in [5, 5.41) is 11.7. The predicted octanol–water partition coefficient (Wildman–Crippen LogP) is 2.53. The fraction of sp³-hybridized carbons (Fsp3) is 0.500. The SMILES string of the molecule is CCc1cc(C(=O)NCC(C)CCC(=O)O)cc(Cl)n1. The lowest BCUT2D eigenvalue weighted by Gasteiger charge is -2.12. The molecule has 0 saturated heterocycles. The normalized spacial score (nSPS) is 11.9. The second-order valence-electron chi connectivity index (χ2n) is 4.77. The molecule has 0 bridgehead atoms. The molecule has 110 valence electrons. The molecule has 0 fully saturated rings. The number of carboxylic acid groups (broad SMARTS) is 1. The predicted molar refractivity (Wildman–Crippen MR) is 77.0 cm³/mol. The number of pyridine rings is 1. The van der Waals surface area contributed by atoms with Crippen molar-refractivity contribution in [2.24, 2.45) is 5.92 Å². The average Bonchev–Trinajstić information content (AvgIpc) is 2.41. The average molecular weight is 299 g/mol. The first-order valence-corrected chi connectivity index (χ1v) is 6.96. The summed E-state index contributed by atoms with van der Waals surface area (Å²) in [5.74, 6) is -0.930. The van der Waals surface area contributed by atoms with Gasteiger partial charge in [0.25, 0.3) is 5.91 Å². The van der Waals surface area contributed by atoms with Gasteiger partial charge in [0.2, 0.25) is 0 Å². The van der Waals surface area contributed by atoms with Crippen LogP contribution in [0.15, 0.2) is 12.1 Å². The number of rotatable bonds is 7. The topological polar surface area (TPSA) is 79.3 Å². The van der Waals surface area contributed by atoms with Crippen molar-refractivity contribution in [1.82, 2.24) is 10.3 Å². The number of nitrogens with zero attached hydrogens (tertiary/aromatic N) is 1. The quantitative estimate of drug-likeness (QED) is 0.758. The molecule has 1 unspecified atom stereocenters. The van der Waals surface area contributed by atoms with E-state index in [9.17, 15) is 9.59 Å². The Morgan fingerprint density at radius 1 is 1.45 bits per heavy atom. The fourth-order valence-corrected chi connectivity index (χ4v) is 1.93. The number of aromatic nitrogens is 1. The van der Waals surface area contributed by atoms with E-state index in [0.29, 0.717) is 30.1 Å².